The molecule has 2 rings (SSSR count). The smallest absolute Gasteiger partial charge is 0.371 e. The SMILES string of the molecule is Cc1cc(S(=O)(=O)NCc2ccc(C(=O)O)o2)sc1Br. The third kappa shape index (κ3) is 3.29. The Kier molecular flexibility index (Phi) is 4.33. The van der Waals surface area contributed by atoms with Gasteiger partial charge in [-0.1, -0.05) is 0 Å². The Morgan fingerprint density at radius 1 is 1.50 bits per heavy atom. The normalized spacial score (nSPS) is 11.7. The lowest BCUT2D eigenvalue weighted by atomic mass is 10.4. The molecule has 6 nitrogen and oxygen atoms in total. The van der Waals surface area contributed by atoms with Crippen LogP contribution in [0.25, 0.3) is 0 Å². The van der Waals surface area contributed by atoms with Crippen molar-refractivity contribution in [3.05, 3.63) is 39.1 Å². The number of nitrogens with one attached hydrogen (secondary N) is 1. The summed E-state index contributed by atoms with van der Waals surface area (Å²) in [7, 11) is -3.64. The lowest BCUT2D eigenvalue weighted by Gasteiger charge is -2.02. The first kappa shape index (κ1) is 15.2. The predicted molar refractivity (Wildman–Crippen MR) is 76.4 cm³/mol. The number of carboxylic acids is 1. The first-order valence-electron chi connectivity index (χ1n) is 5.37. The van der Waals surface area contributed by atoms with Crippen molar-refractivity contribution in [1.82, 2.24) is 4.72 Å². The number of halogens is 1. The maximum atomic E-state index is 12.0. The fourth-order valence-corrected chi connectivity index (χ4v) is 4.65. The minimum Gasteiger partial charge on any atom is -0.475 e. The van der Waals surface area contributed by atoms with E-state index < -0.39 is 16.0 Å². The van der Waals surface area contributed by atoms with E-state index >= 15 is 0 Å². The van der Waals surface area contributed by atoms with Crippen LogP contribution in [0.2, 0.25) is 0 Å². The molecule has 20 heavy (non-hydrogen) atoms. The summed E-state index contributed by atoms with van der Waals surface area (Å²) in [6, 6.07) is 4.25. The molecule has 0 bridgehead atoms. The zero-order valence-electron chi connectivity index (χ0n) is 10.2. The summed E-state index contributed by atoms with van der Waals surface area (Å²) in [6.45, 7) is 1.69. The number of aryl methyl sites for hydroxylation is 1. The molecule has 0 aromatic carbocycles. The number of hydrogen-bond acceptors (Lipinski definition) is 5. The Bertz CT molecular complexity index is 727. The number of furan rings is 1. The second-order valence-electron chi connectivity index (χ2n) is 3.92. The van der Waals surface area contributed by atoms with Crippen LogP contribution in [-0.2, 0) is 16.6 Å². The molecule has 0 fully saturated rings. The summed E-state index contributed by atoms with van der Waals surface area (Å²) >= 11 is 4.37. The molecule has 0 saturated heterocycles. The van der Waals surface area contributed by atoms with Crippen molar-refractivity contribution in [2.45, 2.75) is 17.7 Å². The molecule has 0 unspecified atom stereocenters. The average molecular weight is 380 g/mol. The van der Waals surface area contributed by atoms with Gasteiger partial charge in [0.15, 0.2) is 0 Å². The van der Waals surface area contributed by atoms with Crippen LogP contribution in [-0.4, -0.2) is 19.5 Å². The van der Waals surface area contributed by atoms with Crippen LogP contribution < -0.4 is 4.72 Å². The molecule has 0 amide bonds. The van der Waals surface area contributed by atoms with Gasteiger partial charge < -0.3 is 9.52 Å². The van der Waals surface area contributed by atoms with E-state index in [9.17, 15) is 13.2 Å². The van der Waals surface area contributed by atoms with E-state index in [1.54, 1.807) is 13.0 Å². The van der Waals surface area contributed by atoms with Gasteiger partial charge in [-0.25, -0.2) is 17.9 Å². The van der Waals surface area contributed by atoms with Gasteiger partial charge in [-0.05, 0) is 46.6 Å². The number of sulfonamides is 1. The highest BCUT2D eigenvalue weighted by atomic mass is 79.9. The second kappa shape index (κ2) is 5.68. The fraction of sp³-hybridized carbons (Fsp3) is 0.182. The van der Waals surface area contributed by atoms with Crippen LogP contribution in [0, 0.1) is 6.92 Å². The Hall–Kier alpha value is -1.16. The zero-order chi connectivity index (χ0) is 14.9. The largest absolute Gasteiger partial charge is 0.475 e. The molecular formula is C11H10BrNO5S2. The van der Waals surface area contributed by atoms with E-state index in [4.69, 9.17) is 9.52 Å². The number of hydrogen-bond donors (Lipinski definition) is 2. The van der Waals surface area contributed by atoms with Crippen molar-refractivity contribution >= 4 is 43.3 Å². The Labute approximate surface area is 127 Å². The van der Waals surface area contributed by atoms with Crippen LogP contribution in [0.5, 0.6) is 0 Å². The topological polar surface area (TPSA) is 96.6 Å². The molecule has 2 N–H and O–H groups in total. The van der Waals surface area contributed by atoms with Gasteiger partial charge >= 0.3 is 5.97 Å². The summed E-state index contributed by atoms with van der Waals surface area (Å²) in [5.41, 5.74) is 0.835. The summed E-state index contributed by atoms with van der Waals surface area (Å²) in [5.74, 6) is -1.19. The number of carboxylic acid groups (broad SMARTS) is 1. The van der Waals surface area contributed by atoms with Gasteiger partial charge in [0, 0.05) is 0 Å². The maximum absolute atomic E-state index is 12.0. The van der Waals surface area contributed by atoms with E-state index in [1.807, 2.05) is 0 Å². The third-order valence-electron chi connectivity index (χ3n) is 2.41. The molecule has 0 aliphatic rings. The molecule has 0 radical (unpaired) electrons. The summed E-state index contributed by atoms with van der Waals surface area (Å²) < 4.78 is 32.3. The Balaban J connectivity index is 2.10. The minimum absolute atomic E-state index is 0.107. The van der Waals surface area contributed by atoms with Gasteiger partial charge in [-0.3, -0.25) is 0 Å². The van der Waals surface area contributed by atoms with Gasteiger partial charge in [0.05, 0.1) is 10.3 Å². The molecule has 0 spiro atoms. The maximum Gasteiger partial charge on any atom is 0.371 e. The summed E-state index contributed by atoms with van der Waals surface area (Å²) in [4.78, 5) is 10.6. The van der Waals surface area contributed by atoms with Crippen molar-refractivity contribution in [3.8, 4) is 0 Å². The number of carbonyl (C=O) groups is 1. The number of thiophene rings is 1. The van der Waals surface area contributed by atoms with Crippen LogP contribution in [0.3, 0.4) is 0 Å². The summed E-state index contributed by atoms with van der Waals surface area (Å²) in [5, 5.41) is 8.70. The highest BCUT2D eigenvalue weighted by molar-refractivity contribution is 9.11. The molecule has 0 aliphatic carbocycles. The quantitative estimate of drug-likeness (QED) is 0.831. The zero-order valence-corrected chi connectivity index (χ0v) is 13.4. The fourth-order valence-electron chi connectivity index (χ4n) is 1.39. The van der Waals surface area contributed by atoms with E-state index in [0.29, 0.717) is 0 Å². The number of aromatic carboxylic acids is 1. The van der Waals surface area contributed by atoms with Crippen molar-refractivity contribution < 1.29 is 22.7 Å². The molecule has 9 heteroatoms. The van der Waals surface area contributed by atoms with Crippen LogP contribution in [0.1, 0.15) is 21.9 Å². The van der Waals surface area contributed by atoms with Gasteiger partial charge in [0.25, 0.3) is 10.0 Å². The highest BCUT2D eigenvalue weighted by Crippen LogP contribution is 2.30. The van der Waals surface area contributed by atoms with Gasteiger partial charge in [-0.15, -0.1) is 11.3 Å². The summed E-state index contributed by atoms with van der Waals surface area (Å²) in [6.07, 6.45) is 0. The molecule has 2 aromatic heterocycles. The standard InChI is InChI=1S/C11H10BrNO5S2/c1-6-4-9(19-10(6)12)20(16,17)13-5-7-2-3-8(18-7)11(14)15/h2-4,13H,5H2,1H3,(H,14,15). The van der Waals surface area contributed by atoms with Gasteiger partial charge in [0.2, 0.25) is 5.76 Å². The van der Waals surface area contributed by atoms with Crippen molar-refractivity contribution in [2.75, 3.05) is 0 Å². The second-order valence-corrected chi connectivity index (χ2v) is 8.28. The molecule has 0 atom stereocenters. The van der Waals surface area contributed by atoms with E-state index in [2.05, 4.69) is 20.7 Å². The third-order valence-corrected chi connectivity index (χ3v) is 6.42. The van der Waals surface area contributed by atoms with Crippen molar-refractivity contribution in [2.24, 2.45) is 0 Å². The predicted octanol–water partition coefficient (Wildman–Crippen LogP) is 2.59. The van der Waals surface area contributed by atoms with Crippen LogP contribution in [0.4, 0.5) is 0 Å². The van der Waals surface area contributed by atoms with Gasteiger partial charge in [0.1, 0.15) is 9.97 Å². The number of rotatable bonds is 5. The lowest BCUT2D eigenvalue weighted by molar-refractivity contribution is 0.0660. The first-order valence-corrected chi connectivity index (χ1v) is 8.46. The van der Waals surface area contributed by atoms with E-state index in [-0.39, 0.29) is 22.3 Å². The molecule has 0 saturated carbocycles. The van der Waals surface area contributed by atoms with Crippen LogP contribution >= 0.6 is 27.3 Å². The monoisotopic (exact) mass is 379 g/mol. The highest BCUT2D eigenvalue weighted by Gasteiger charge is 2.19. The Morgan fingerprint density at radius 2 is 2.20 bits per heavy atom. The minimum atomic E-state index is -3.64. The molecule has 2 heterocycles. The van der Waals surface area contributed by atoms with Crippen molar-refractivity contribution in [3.63, 3.8) is 0 Å². The Morgan fingerprint density at radius 3 is 2.70 bits per heavy atom. The van der Waals surface area contributed by atoms with E-state index in [0.717, 1.165) is 20.7 Å². The molecule has 0 aliphatic heterocycles. The average Bonchev–Trinajstić information content (AvgIpc) is 2.95. The van der Waals surface area contributed by atoms with Crippen LogP contribution in [0.15, 0.2) is 30.6 Å². The molecule has 108 valence electrons. The molecule has 2 aromatic rings. The molecular weight excluding hydrogens is 370 g/mol. The lowest BCUT2D eigenvalue weighted by Crippen LogP contribution is -2.22. The van der Waals surface area contributed by atoms with Crippen molar-refractivity contribution in [1.29, 1.82) is 0 Å². The van der Waals surface area contributed by atoms with E-state index in [1.165, 1.54) is 12.1 Å². The van der Waals surface area contributed by atoms with Gasteiger partial charge in [-0.2, -0.15) is 0 Å². The first-order chi connectivity index (χ1) is 9.29.